The number of aromatic nitrogens is 1. The smallest absolute Gasteiger partial charge is 0.147 e. The summed E-state index contributed by atoms with van der Waals surface area (Å²) in [6.45, 7) is 2.02. The number of pyridine rings is 1. The highest BCUT2D eigenvalue weighted by atomic mass is 32.2. The first-order valence-electron chi connectivity index (χ1n) is 5.64. The van der Waals surface area contributed by atoms with Crippen molar-refractivity contribution in [3.8, 4) is 0 Å². The summed E-state index contributed by atoms with van der Waals surface area (Å²) in [5.41, 5.74) is 1.47. The van der Waals surface area contributed by atoms with E-state index in [0.29, 0.717) is 11.3 Å². The first-order chi connectivity index (χ1) is 8.66. The zero-order valence-corrected chi connectivity index (χ0v) is 10.8. The Morgan fingerprint density at radius 1 is 1.39 bits per heavy atom. The highest BCUT2D eigenvalue weighted by Crippen LogP contribution is 2.26. The first-order valence-corrected chi connectivity index (χ1v) is 6.62. The molecule has 2 nitrogen and oxygen atoms in total. The van der Waals surface area contributed by atoms with Crippen molar-refractivity contribution in [1.82, 2.24) is 4.98 Å². The van der Waals surface area contributed by atoms with Crippen LogP contribution in [0.4, 0.5) is 4.39 Å². The van der Waals surface area contributed by atoms with Crippen molar-refractivity contribution in [2.45, 2.75) is 17.9 Å². The molecule has 1 N–H and O–H groups in total. The van der Waals surface area contributed by atoms with Crippen molar-refractivity contribution in [1.29, 1.82) is 0 Å². The van der Waals surface area contributed by atoms with Crippen LogP contribution in [0.5, 0.6) is 0 Å². The Bertz CT molecular complexity index is 533. The van der Waals surface area contributed by atoms with E-state index in [-0.39, 0.29) is 0 Å². The van der Waals surface area contributed by atoms with Gasteiger partial charge in [-0.2, -0.15) is 0 Å². The fourth-order valence-corrected chi connectivity index (χ4v) is 2.60. The molecule has 1 unspecified atom stereocenters. The fraction of sp³-hybridized carbons (Fsp3) is 0.214. The maximum absolute atomic E-state index is 13.4. The topological polar surface area (TPSA) is 33.1 Å². The summed E-state index contributed by atoms with van der Waals surface area (Å²) < 4.78 is 13.4. The maximum atomic E-state index is 13.4. The van der Waals surface area contributed by atoms with E-state index in [4.69, 9.17) is 0 Å². The molecule has 0 saturated heterocycles. The molecule has 2 rings (SSSR count). The second-order valence-corrected chi connectivity index (χ2v) is 5.13. The minimum absolute atomic E-state index is 0.296. The SMILES string of the molecule is Cc1cccc(SCC(O)c2ccncc2F)c1. The molecule has 0 aliphatic heterocycles. The highest BCUT2D eigenvalue weighted by Gasteiger charge is 2.12. The van der Waals surface area contributed by atoms with Crippen molar-refractivity contribution in [3.63, 3.8) is 0 Å². The summed E-state index contributed by atoms with van der Waals surface area (Å²) in [7, 11) is 0. The molecule has 1 aromatic carbocycles. The summed E-state index contributed by atoms with van der Waals surface area (Å²) in [4.78, 5) is 4.74. The number of nitrogens with zero attached hydrogens (tertiary/aromatic N) is 1. The second kappa shape index (κ2) is 5.98. The number of hydrogen-bond acceptors (Lipinski definition) is 3. The van der Waals surface area contributed by atoms with E-state index < -0.39 is 11.9 Å². The molecule has 94 valence electrons. The molecular weight excluding hydrogens is 249 g/mol. The summed E-state index contributed by atoms with van der Waals surface area (Å²) in [5, 5.41) is 9.94. The summed E-state index contributed by atoms with van der Waals surface area (Å²) >= 11 is 1.51. The summed E-state index contributed by atoms with van der Waals surface area (Å²) in [6.07, 6.45) is 1.79. The van der Waals surface area contributed by atoms with Crippen molar-refractivity contribution in [2.24, 2.45) is 0 Å². The Hall–Kier alpha value is -1.39. The van der Waals surface area contributed by atoms with Crippen LogP contribution in [-0.4, -0.2) is 15.8 Å². The summed E-state index contributed by atoms with van der Waals surface area (Å²) in [5.74, 6) is -0.0421. The van der Waals surface area contributed by atoms with Gasteiger partial charge in [0.25, 0.3) is 0 Å². The van der Waals surface area contributed by atoms with Gasteiger partial charge in [-0.15, -0.1) is 11.8 Å². The van der Waals surface area contributed by atoms with Gasteiger partial charge in [-0.3, -0.25) is 4.98 Å². The first kappa shape index (κ1) is 13.1. The van der Waals surface area contributed by atoms with Gasteiger partial charge in [0.15, 0.2) is 0 Å². The minimum Gasteiger partial charge on any atom is -0.387 e. The van der Waals surface area contributed by atoms with Crippen LogP contribution in [0, 0.1) is 12.7 Å². The molecule has 1 heterocycles. The average molecular weight is 263 g/mol. The van der Waals surface area contributed by atoms with E-state index >= 15 is 0 Å². The minimum atomic E-state index is -0.821. The Labute approximate surface area is 110 Å². The lowest BCUT2D eigenvalue weighted by Gasteiger charge is -2.11. The van der Waals surface area contributed by atoms with Crippen LogP contribution in [0.2, 0.25) is 0 Å². The van der Waals surface area contributed by atoms with Gasteiger partial charge in [0.1, 0.15) is 5.82 Å². The van der Waals surface area contributed by atoms with Crippen molar-refractivity contribution < 1.29 is 9.50 Å². The van der Waals surface area contributed by atoms with Crippen LogP contribution in [0.1, 0.15) is 17.2 Å². The molecule has 1 atom stereocenters. The molecule has 0 radical (unpaired) electrons. The Kier molecular flexibility index (Phi) is 4.33. The van der Waals surface area contributed by atoms with Crippen molar-refractivity contribution in [3.05, 3.63) is 59.7 Å². The monoisotopic (exact) mass is 263 g/mol. The van der Waals surface area contributed by atoms with Crippen LogP contribution < -0.4 is 0 Å². The van der Waals surface area contributed by atoms with Crippen molar-refractivity contribution >= 4 is 11.8 Å². The molecule has 0 amide bonds. The van der Waals surface area contributed by atoms with Gasteiger partial charge < -0.3 is 5.11 Å². The molecule has 0 saturated carbocycles. The van der Waals surface area contributed by atoms with Crippen LogP contribution in [0.25, 0.3) is 0 Å². The van der Waals surface area contributed by atoms with Crippen LogP contribution in [-0.2, 0) is 0 Å². The molecule has 0 bridgehead atoms. The van der Waals surface area contributed by atoms with Gasteiger partial charge in [-0.1, -0.05) is 17.7 Å². The molecule has 0 spiro atoms. The molecule has 4 heteroatoms. The van der Waals surface area contributed by atoms with Crippen LogP contribution >= 0.6 is 11.8 Å². The third-order valence-electron chi connectivity index (χ3n) is 2.56. The van der Waals surface area contributed by atoms with Gasteiger partial charge in [0.2, 0.25) is 0 Å². The second-order valence-electron chi connectivity index (χ2n) is 4.04. The number of benzene rings is 1. The van der Waals surface area contributed by atoms with Crippen molar-refractivity contribution in [2.75, 3.05) is 5.75 Å². The van der Waals surface area contributed by atoms with E-state index in [0.717, 1.165) is 11.1 Å². The Balaban J connectivity index is 2.00. The third kappa shape index (κ3) is 3.31. The fourth-order valence-electron chi connectivity index (χ4n) is 1.63. The normalized spacial score (nSPS) is 12.4. The Morgan fingerprint density at radius 2 is 2.22 bits per heavy atom. The van der Waals surface area contributed by atoms with Gasteiger partial charge in [-0.05, 0) is 25.1 Å². The molecule has 18 heavy (non-hydrogen) atoms. The Morgan fingerprint density at radius 3 is 2.94 bits per heavy atom. The number of aliphatic hydroxyl groups excluding tert-OH is 1. The zero-order chi connectivity index (χ0) is 13.0. The molecule has 0 aliphatic rings. The third-order valence-corrected chi connectivity index (χ3v) is 3.63. The van der Waals surface area contributed by atoms with Gasteiger partial charge in [-0.25, -0.2) is 4.39 Å². The lowest BCUT2D eigenvalue weighted by molar-refractivity contribution is 0.198. The van der Waals surface area contributed by atoms with Gasteiger partial charge >= 0.3 is 0 Å². The molecule has 0 aliphatic carbocycles. The predicted octanol–water partition coefficient (Wildman–Crippen LogP) is 3.35. The number of halogens is 1. The van der Waals surface area contributed by atoms with E-state index in [2.05, 4.69) is 4.98 Å². The number of thioether (sulfide) groups is 1. The quantitative estimate of drug-likeness (QED) is 0.859. The van der Waals surface area contributed by atoms with Gasteiger partial charge in [0.05, 0.1) is 12.3 Å². The molecule has 0 fully saturated rings. The standard InChI is InChI=1S/C14H14FNOS/c1-10-3-2-4-11(7-10)18-9-14(17)12-5-6-16-8-13(12)15/h2-8,14,17H,9H2,1H3. The number of aryl methyl sites for hydroxylation is 1. The maximum Gasteiger partial charge on any atom is 0.147 e. The molecule has 1 aromatic heterocycles. The van der Waals surface area contributed by atoms with Crippen LogP contribution in [0.15, 0.2) is 47.6 Å². The predicted molar refractivity (Wildman–Crippen MR) is 71.1 cm³/mol. The number of aliphatic hydroxyl groups is 1. The lowest BCUT2D eigenvalue weighted by Crippen LogP contribution is -2.03. The largest absolute Gasteiger partial charge is 0.387 e. The number of rotatable bonds is 4. The summed E-state index contributed by atoms with van der Waals surface area (Å²) in [6, 6.07) is 9.52. The molecular formula is C14H14FNOS. The lowest BCUT2D eigenvalue weighted by atomic mass is 10.2. The highest BCUT2D eigenvalue weighted by molar-refractivity contribution is 7.99. The van der Waals surface area contributed by atoms with E-state index in [1.165, 1.54) is 29.6 Å². The zero-order valence-electron chi connectivity index (χ0n) is 10.0. The van der Waals surface area contributed by atoms with E-state index in [1.807, 2.05) is 31.2 Å². The van der Waals surface area contributed by atoms with E-state index in [9.17, 15) is 9.50 Å². The number of hydrogen-bond donors (Lipinski definition) is 1. The molecule has 2 aromatic rings. The van der Waals surface area contributed by atoms with Crippen LogP contribution in [0.3, 0.4) is 0 Å². The average Bonchev–Trinajstić information content (AvgIpc) is 2.37. The van der Waals surface area contributed by atoms with E-state index in [1.54, 1.807) is 0 Å². The van der Waals surface area contributed by atoms with Gasteiger partial charge in [0, 0.05) is 22.4 Å².